The number of hydrogen-bond donors (Lipinski definition) is 2. The molecule has 1 fully saturated rings. The Labute approximate surface area is 172 Å². The summed E-state index contributed by atoms with van der Waals surface area (Å²) in [7, 11) is 2.04. The van der Waals surface area contributed by atoms with E-state index in [0.29, 0.717) is 18.2 Å². The number of nitrogens with one attached hydrogen (secondary N) is 1. The molecule has 1 atom stereocenters. The molecule has 1 saturated carbocycles. The zero-order valence-electron chi connectivity index (χ0n) is 17.1. The quantitative estimate of drug-likeness (QED) is 0.754. The van der Waals surface area contributed by atoms with Crippen molar-refractivity contribution in [3.05, 3.63) is 59.3 Å². The van der Waals surface area contributed by atoms with Crippen molar-refractivity contribution >= 4 is 11.7 Å². The zero-order chi connectivity index (χ0) is 20.2. The number of amides is 1. The molecule has 154 valence electrons. The lowest BCUT2D eigenvalue weighted by atomic mass is 9.92. The smallest absolute Gasteiger partial charge is 0.251 e. The molecule has 6 nitrogen and oxygen atoms in total. The van der Waals surface area contributed by atoms with E-state index in [-0.39, 0.29) is 12.5 Å². The molecule has 0 radical (unpaired) electrons. The monoisotopic (exact) mass is 394 g/mol. The van der Waals surface area contributed by atoms with Crippen molar-refractivity contribution in [1.82, 2.24) is 15.2 Å². The largest absolute Gasteiger partial charge is 0.390 e. The minimum absolute atomic E-state index is 0.168. The Morgan fingerprint density at radius 1 is 1.31 bits per heavy atom. The SMILES string of the molecule is CN(c1cc(C(=O)NC[C@H](O)CN2CCc3ccccc3C2)ccn1)C1CCC1. The number of aromatic nitrogens is 1. The van der Waals surface area contributed by atoms with Crippen LogP contribution in [0.3, 0.4) is 0 Å². The van der Waals surface area contributed by atoms with Crippen molar-refractivity contribution in [3.63, 3.8) is 0 Å². The van der Waals surface area contributed by atoms with E-state index in [0.717, 1.165) is 25.3 Å². The second-order valence-electron chi connectivity index (χ2n) is 8.22. The number of anilines is 1. The van der Waals surface area contributed by atoms with Gasteiger partial charge in [0.05, 0.1) is 6.10 Å². The highest BCUT2D eigenvalue weighted by molar-refractivity contribution is 5.94. The first-order valence-corrected chi connectivity index (χ1v) is 10.5. The lowest BCUT2D eigenvalue weighted by molar-refractivity contribution is 0.0842. The third kappa shape index (κ3) is 4.77. The van der Waals surface area contributed by atoms with Crippen LogP contribution in [0.1, 0.15) is 40.7 Å². The van der Waals surface area contributed by atoms with Gasteiger partial charge in [0.2, 0.25) is 0 Å². The third-order valence-corrected chi connectivity index (χ3v) is 6.17. The Morgan fingerprint density at radius 3 is 2.86 bits per heavy atom. The van der Waals surface area contributed by atoms with Crippen molar-refractivity contribution in [3.8, 4) is 0 Å². The van der Waals surface area contributed by atoms with Gasteiger partial charge in [0.1, 0.15) is 5.82 Å². The first kappa shape index (κ1) is 19.9. The summed E-state index contributed by atoms with van der Waals surface area (Å²) in [5.41, 5.74) is 3.31. The lowest BCUT2D eigenvalue weighted by Crippen LogP contribution is -2.42. The highest BCUT2D eigenvalue weighted by Gasteiger charge is 2.24. The summed E-state index contributed by atoms with van der Waals surface area (Å²) in [6.45, 7) is 2.58. The Hall–Kier alpha value is -2.44. The maximum absolute atomic E-state index is 12.6. The van der Waals surface area contributed by atoms with E-state index in [1.807, 2.05) is 13.1 Å². The van der Waals surface area contributed by atoms with Crippen LogP contribution in [0, 0.1) is 0 Å². The summed E-state index contributed by atoms with van der Waals surface area (Å²) in [5, 5.41) is 13.3. The summed E-state index contributed by atoms with van der Waals surface area (Å²) in [4.78, 5) is 21.4. The van der Waals surface area contributed by atoms with Crippen molar-refractivity contribution < 1.29 is 9.90 Å². The average molecular weight is 395 g/mol. The van der Waals surface area contributed by atoms with Crippen LogP contribution in [0.4, 0.5) is 5.82 Å². The van der Waals surface area contributed by atoms with Gasteiger partial charge in [-0.2, -0.15) is 0 Å². The lowest BCUT2D eigenvalue weighted by Gasteiger charge is -2.35. The Balaban J connectivity index is 1.27. The molecular weight excluding hydrogens is 364 g/mol. The number of rotatable bonds is 7. The van der Waals surface area contributed by atoms with Gasteiger partial charge in [0, 0.05) is 51.0 Å². The third-order valence-electron chi connectivity index (χ3n) is 6.17. The average Bonchev–Trinajstić information content (AvgIpc) is 2.70. The molecule has 1 aliphatic carbocycles. The van der Waals surface area contributed by atoms with E-state index in [9.17, 15) is 9.90 Å². The van der Waals surface area contributed by atoms with Crippen LogP contribution in [-0.4, -0.2) is 59.7 Å². The molecule has 6 heteroatoms. The number of nitrogens with zero attached hydrogens (tertiary/aromatic N) is 3. The molecular formula is C23H30N4O2. The summed E-state index contributed by atoms with van der Waals surface area (Å²) in [5.74, 6) is 0.661. The summed E-state index contributed by atoms with van der Waals surface area (Å²) >= 11 is 0. The Morgan fingerprint density at radius 2 is 2.10 bits per heavy atom. The molecule has 0 saturated heterocycles. The fourth-order valence-electron chi connectivity index (χ4n) is 4.10. The van der Waals surface area contributed by atoms with E-state index < -0.39 is 6.10 Å². The van der Waals surface area contributed by atoms with Crippen molar-refractivity contribution in [2.45, 2.75) is 44.4 Å². The summed E-state index contributed by atoms with van der Waals surface area (Å²) in [6, 6.07) is 12.5. The molecule has 1 aromatic carbocycles. The molecule has 1 aromatic heterocycles. The standard InChI is InChI=1S/C23H30N4O2/c1-26(20-7-4-8-20)22-13-18(9-11-24-22)23(29)25-14-21(28)16-27-12-10-17-5-2-3-6-19(17)15-27/h2-3,5-6,9,11,13,20-21,28H,4,7-8,10,12,14-16H2,1H3,(H,25,29)/t21-/m0/s1. The number of fused-ring (bicyclic) bond motifs is 1. The number of pyridine rings is 1. The topological polar surface area (TPSA) is 68.7 Å². The fourth-order valence-corrected chi connectivity index (χ4v) is 4.10. The van der Waals surface area contributed by atoms with Gasteiger partial charge in [0.15, 0.2) is 0 Å². The van der Waals surface area contributed by atoms with E-state index in [2.05, 4.69) is 44.4 Å². The molecule has 2 aromatic rings. The second kappa shape index (κ2) is 8.93. The van der Waals surface area contributed by atoms with Gasteiger partial charge < -0.3 is 15.3 Å². The number of β-amino-alcohol motifs (C(OH)–C–C–N with tert-alkyl or cyclic N) is 1. The van der Waals surface area contributed by atoms with Crippen LogP contribution in [0.2, 0.25) is 0 Å². The molecule has 2 aliphatic rings. The molecule has 0 unspecified atom stereocenters. The number of aliphatic hydroxyl groups is 1. The number of aliphatic hydroxyl groups excluding tert-OH is 1. The highest BCUT2D eigenvalue weighted by atomic mass is 16.3. The van der Waals surface area contributed by atoms with E-state index in [1.165, 1.54) is 30.4 Å². The molecule has 4 rings (SSSR count). The summed E-state index contributed by atoms with van der Waals surface area (Å²) < 4.78 is 0. The summed E-state index contributed by atoms with van der Waals surface area (Å²) in [6.07, 6.45) is 5.72. The maximum atomic E-state index is 12.6. The molecule has 1 amide bonds. The molecule has 0 spiro atoms. The van der Waals surface area contributed by atoms with Crippen LogP contribution in [0.25, 0.3) is 0 Å². The second-order valence-corrected chi connectivity index (χ2v) is 8.22. The van der Waals surface area contributed by atoms with E-state index in [1.54, 1.807) is 12.3 Å². The first-order chi connectivity index (χ1) is 14.1. The van der Waals surface area contributed by atoms with Crippen LogP contribution < -0.4 is 10.2 Å². The predicted octanol–water partition coefficient (Wildman–Crippen LogP) is 2.22. The van der Waals surface area contributed by atoms with Crippen LogP contribution in [0.5, 0.6) is 0 Å². The van der Waals surface area contributed by atoms with Crippen molar-refractivity contribution in [1.29, 1.82) is 0 Å². The number of carbonyl (C=O) groups is 1. The fraction of sp³-hybridized carbons (Fsp3) is 0.478. The Bertz CT molecular complexity index is 852. The Kier molecular flexibility index (Phi) is 6.11. The van der Waals surface area contributed by atoms with Crippen molar-refractivity contribution in [2.75, 3.05) is 31.6 Å². The minimum atomic E-state index is -0.594. The molecule has 29 heavy (non-hydrogen) atoms. The van der Waals surface area contributed by atoms with Gasteiger partial charge >= 0.3 is 0 Å². The normalized spacial score (nSPS) is 17.9. The van der Waals surface area contributed by atoms with Crippen molar-refractivity contribution in [2.24, 2.45) is 0 Å². The van der Waals surface area contributed by atoms with Gasteiger partial charge in [-0.3, -0.25) is 9.69 Å². The zero-order valence-corrected chi connectivity index (χ0v) is 17.1. The van der Waals surface area contributed by atoms with Gasteiger partial charge in [-0.05, 0) is 48.9 Å². The molecule has 1 aliphatic heterocycles. The van der Waals surface area contributed by atoms with Gasteiger partial charge in [-0.25, -0.2) is 4.98 Å². The molecule has 0 bridgehead atoms. The number of carbonyl (C=O) groups excluding carboxylic acids is 1. The molecule has 2 N–H and O–H groups in total. The number of hydrogen-bond acceptors (Lipinski definition) is 5. The van der Waals surface area contributed by atoms with E-state index >= 15 is 0 Å². The van der Waals surface area contributed by atoms with Crippen LogP contribution in [-0.2, 0) is 13.0 Å². The minimum Gasteiger partial charge on any atom is -0.390 e. The van der Waals surface area contributed by atoms with E-state index in [4.69, 9.17) is 0 Å². The molecule has 2 heterocycles. The predicted molar refractivity (Wildman–Crippen MR) is 114 cm³/mol. The van der Waals surface area contributed by atoms with Crippen LogP contribution >= 0.6 is 0 Å². The van der Waals surface area contributed by atoms with Crippen LogP contribution in [0.15, 0.2) is 42.6 Å². The first-order valence-electron chi connectivity index (χ1n) is 10.5. The number of benzene rings is 1. The van der Waals surface area contributed by atoms with Gasteiger partial charge in [-0.15, -0.1) is 0 Å². The van der Waals surface area contributed by atoms with Gasteiger partial charge in [0.25, 0.3) is 5.91 Å². The van der Waals surface area contributed by atoms with Gasteiger partial charge in [-0.1, -0.05) is 24.3 Å². The highest BCUT2D eigenvalue weighted by Crippen LogP contribution is 2.27. The maximum Gasteiger partial charge on any atom is 0.251 e.